The molecular weight excluding hydrogens is 510 g/mol. The summed E-state index contributed by atoms with van der Waals surface area (Å²) in [6, 6.07) is 1.74. The number of benzene rings is 1. The van der Waals surface area contributed by atoms with Crippen LogP contribution in [0, 0.1) is 0 Å². The summed E-state index contributed by atoms with van der Waals surface area (Å²) >= 11 is 0. The lowest BCUT2D eigenvalue weighted by Crippen LogP contribution is -2.56. The first-order valence-corrected chi connectivity index (χ1v) is 12.2. The molecule has 2 rings (SSSR count). The summed E-state index contributed by atoms with van der Waals surface area (Å²) in [6.07, 6.45) is 3.32. The number of rotatable bonds is 15. The average molecular weight is 546 g/mol. The zero-order valence-corrected chi connectivity index (χ0v) is 21.5. The van der Waals surface area contributed by atoms with Gasteiger partial charge >= 0.3 is 5.97 Å². The fourth-order valence-corrected chi connectivity index (χ4v) is 3.52. The number of guanidine groups is 1. The van der Waals surface area contributed by atoms with Gasteiger partial charge in [-0.05, 0) is 43.9 Å². The highest BCUT2D eigenvalue weighted by Gasteiger charge is 2.29. The number of phenolic OH excluding ortho intramolecular Hbond substituents is 1. The number of hydrogen-bond acceptors (Lipinski definition) is 8. The third-order valence-corrected chi connectivity index (χ3v) is 5.65. The molecule has 0 aliphatic rings. The number of nitrogens with one attached hydrogen (secondary N) is 4. The van der Waals surface area contributed by atoms with Crippen molar-refractivity contribution in [1.29, 1.82) is 0 Å². The fourth-order valence-electron chi connectivity index (χ4n) is 3.52. The number of aromatic nitrogens is 2. The minimum absolute atomic E-state index is 0.0544. The number of hydrogen-bond donors (Lipinski definition) is 9. The van der Waals surface area contributed by atoms with Gasteiger partial charge in [0.05, 0.1) is 12.4 Å². The molecule has 15 nitrogen and oxygen atoms in total. The van der Waals surface area contributed by atoms with Crippen molar-refractivity contribution < 1.29 is 29.4 Å². The fraction of sp³-hybridized carbons (Fsp3) is 0.417. The Morgan fingerprint density at radius 3 is 2.26 bits per heavy atom. The molecule has 212 valence electrons. The number of aliphatic carboxylic acids is 1. The van der Waals surface area contributed by atoms with E-state index >= 15 is 0 Å². The van der Waals surface area contributed by atoms with Gasteiger partial charge in [0.1, 0.15) is 23.9 Å². The average Bonchev–Trinajstić information content (AvgIpc) is 3.39. The van der Waals surface area contributed by atoms with E-state index in [1.165, 1.54) is 31.6 Å². The van der Waals surface area contributed by atoms with Gasteiger partial charge in [-0.1, -0.05) is 12.1 Å². The molecule has 1 heterocycles. The number of nitrogens with two attached hydrogens (primary N) is 3. The van der Waals surface area contributed by atoms with Gasteiger partial charge in [0.15, 0.2) is 5.96 Å². The van der Waals surface area contributed by atoms with Crippen molar-refractivity contribution in [2.75, 3.05) is 6.54 Å². The summed E-state index contributed by atoms with van der Waals surface area (Å²) < 4.78 is 0. The van der Waals surface area contributed by atoms with Crippen LogP contribution in [0.5, 0.6) is 5.75 Å². The Morgan fingerprint density at radius 2 is 1.67 bits per heavy atom. The van der Waals surface area contributed by atoms with Crippen molar-refractivity contribution in [1.82, 2.24) is 25.9 Å². The predicted molar refractivity (Wildman–Crippen MR) is 141 cm³/mol. The molecule has 0 aliphatic carbocycles. The molecule has 15 heteroatoms. The number of nitrogens with zero attached hydrogens (tertiary/aromatic N) is 2. The Bertz CT molecular complexity index is 1130. The molecule has 0 saturated heterocycles. The van der Waals surface area contributed by atoms with Gasteiger partial charge in [-0.15, -0.1) is 0 Å². The molecule has 3 amide bonds. The number of amides is 3. The lowest BCUT2D eigenvalue weighted by Gasteiger charge is -2.23. The molecule has 1 aromatic heterocycles. The summed E-state index contributed by atoms with van der Waals surface area (Å²) in [5.74, 6) is -3.33. The Labute approximate surface area is 224 Å². The van der Waals surface area contributed by atoms with Crippen molar-refractivity contribution >= 4 is 29.7 Å². The Kier molecular flexibility index (Phi) is 11.7. The Balaban J connectivity index is 2.02. The lowest BCUT2D eigenvalue weighted by atomic mass is 10.1. The molecule has 1 aromatic carbocycles. The monoisotopic (exact) mass is 545 g/mol. The third-order valence-electron chi connectivity index (χ3n) is 5.65. The van der Waals surface area contributed by atoms with E-state index in [2.05, 4.69) is 30.9 Å². The van der Waals surface area contributed by atoms with E-state index in [1.807, 2.05) is 0 Å². The number of carboxylic acids is 1. The quantitative estimate of drug-likeness (QED) is 0.0664. The molecule has 2 aromatic rings. The van der Waals surface area contributed by atoms with Crippen LogP contribution in [0.4, 0.5) is 0 Å². The smallest absolute Gasteiger partial charge is 0.326 e. The van der Waals surface area contributed by atoms with Crippen LogP contribution in [0.2, 0.25) is 0 Å². The number of imidazole rings is 1. The van der Waals surface area contributed by atoms with Crippen molar-refractivity contribution in [3.63, 3.8) is 0 Å². The standard InChI is InChI=1S/C24H35N9O6/c1-13(31-21(36)17(25)9-14-4-6-16(34)7-5-14)20(35)32-18(3-2-8-29-24(26)27)22(37)33-19(23(38)39)10-15-11-28-12-30-15/h4-7,11-13,17-19,34H,2-3,8-10,25H2,1H3,(H,28,30)(H,31,36)(H,32,35)(H,33,37)(H,38,39)(H4,26,27,29). The van der Waals surface area contributed by atoms with E-state index in [1.54, 1.807) is 12.1 Å². The molecule has 4 unspecified atom stereocenters. The molecule has 0 saturated carbocycles. The summed E-state index contributed by atoms with van der Waals surface area (Å²) in [7, 11) is 0. The van der Waals surface area contributed by atoms with Crippen LogP contribution < -0.4 is 33.2 Å². The number of phenols is 1. The first kappa shape index (κ1) is 30.6. The van der Waals surface area contributed by atoms with Crippen LogP contribution in [0.15, 0.2) is 41.8 Å². The molecular formula is C24H35N9O6. The minimum atomic E-state index is -1.29. The molecule has 0 bridgehead atoms. The second-order valence-corrected chi connectivity index (χ2v) is 8.90. The highest BCUT2D eigenvalue weighted by molar-refractivity contribution is 5.94. The van der Waals surface area contributed by atoms with Gasteiger partial charge in [0.25, 0.3) is 0 Å². The highest BCUT2D eigenvalue weighted by atomic mass is 16.4. The van der Waals surface area contributed by atoms with Crippen LogP contribution in [0.3, 0.4) is 0 Å². The van der Waals surface area contributed by atoms with Crippen LogP contribution in [-0.4, -0.2) is 80.5 Å². The van der Waals surface area contributed by atoms with E-state index < -0.39 is 47.9 Å². The second kappa shape index (κ2) is 14.9. The molecule has 0 aliphatic heterocycles. The van der Waals surface area contributed by atoms with Crippen molar-refractivity contribution in [3.05, 3.63) is 48.0 Å². The van der Waals surface area contributed by atoms with Crippen LogP contribution in [0.1, 0.15) is 31.0 Å². The lowest BCUT2D eigenvalue weighted by molar-refractivity contribution is -0.142. The number of aliphatic imine (C=N–C) groups is 1. The molecule has 0 radical (unpaired) electrons. The maximum absolute atomic E-state index is 13.0. The summed E-state index contributed by atoms with van der Waals surface area (Å²) in [4.78, 5) is 60.6. The largest absolute Gasteiger partial charge is 0.508 e. The molecule has 0 spiro atoms. The third kappa shape index (κ3) is 10.7. The number of carbonyl (C=O) groups excluding carboxylic acids is 3. The van der Waals surface area contributed by atoms with Crippen molar-refractivity contribution in [2.45, 2.75) is 56.8 Å². The summed E-state index contributed by atoms with van der Waals surface area (Å²) in [5.41, 5.74) is 17.8. The molecule has 0 fully saturated rings. The van der Waals surface area contributed by atoms with Gasteiger partial charge in [0, 0.05) is 24.9 Å². The molecule has 4 atom stereocenters. The Morgan fingerprint density at radius 1 is 1.00 bits per heavy atom. The van der Waals surface area contributed by atoms with Crippen LogP contribution >= 0.6 is 0 Å². The van der Waals surface area contributed by atoms with Crippen LogP contribution in [-0.2, 0) is 32.0 Å². The topological polar surface area (TPSA) is 264 Å². The summed E-state index contributed by atoms with van der Waals surface area (Å²) in [6.45, 7) is 1.60. The van der Waals surface area contributed by atoms with Gasteiger partial charge < -0.3 is 48.3 Å². The molecule has 39 heavy (non-hydrogen) atoms. The SMILES string of the molecule is CC(NC(=O)C(N)Cc1ccc(O)cc1)C(=O)NC(CCCN=C(N)N)C(=O)NC(Cc1cnc[nH]1)C(=O)O. The minimum Gasteiger partial charge on any atom is -0.508 e. The number of H-pyrrole nitrogens is 1. The van der Waals surface area contributed by atoms with Gasteiger partial charge in [0.2, 0.25) is 17.7 Å². The predicted octanol–water partition coefficient (Wildman–Crippen LogP) is -2.16. The number of aromatic amines is 1. The highest BCUT2D eigenvalue weighted by Crippen LogP contribution is 2.11. The van der Waals surface area contributed by atoms with E-state index in [-0.39, 0.29) is 37.5 Å². The molecule has 12 N–H and O–H groups in total. The first-order valence-electron chi connectivity index (χ1n) is 12.2. The normalized spacial score (nSPS) is 13.8. The van der Waals surface area contributed by atoms with Gasteiger partial charge in [-0.2, -0.15) is 0 Å². The van der Waals surface area contributed by atoms with Crippen molar-refractivity contribution in [2.24, 2.45) is 22.2 Å². The summed E-state index contributed by atoms with van der Waals surface area (Å²) in [5, 5.41) is 26.4. The van der Waals surface area contributed by atoms with Crippen molar-refractivity contribution in [3.8, 4) is 5.75 Å². The first-order chi connectivity index (χ1) is 18.5. The van der Waals surface area contributed by atoms with E-state index in [9.17, 15) is 29.4 Å². The number of aromatic hydroxyl groups is 1. The van der Waals surface area contributed by atoms with E-state index in [4.69, 9.17) is 17.2 Å². The van der Waals surface area contributed by atoms with E-state index in [0.717, 1.165) is 0 Å². The number of carbonyl (C=O) groups is 4. The van der Waals surface area contributed by atoms with E-state index in [0.29, 0.717) is 17.7 Å². The maximum atomic E-state index is 13.0. The zero-order valence-electron chi connectivity index (χ0n) is 21.5. The number of carboxylic acid groups (broad SMARTS) is 1. The van der Waals surface area contributed by atoms with Gasteiger partial charge in [-0.3, -0.25) is 19.4 Å². The Hall–Kier alpha value is -4.66. The second-order valence-electron chi connectivity index (χ2n) is 8.90. The van der Waals surface area contributed by atoms with Crippen LogP contribution in [0.25, 0.3) is 0 Å². The van der Waals surface area contributed by atoms with Gasteiger partial charge in [-0.25, -0.2) is 9.78 Å². The maximum Gasteiger partial charge on any atom is 0.326 e. The zero-order chi connectivity index (χ0) is 28.9.